The summed E-state index contributed by atoms with van der Waals surface area (Å²) in [5.41, 5.74) is 1.50. The number of aliphatic hydroxyl groups excluding tert-OH is 1. The molecule has 0 radical (unpaired) electrons. The van der Waals surface area contributed by atoms with Crippen molar-refractivity contribution < 1.29 is 5.11 Å². The van der Waals surface area contributed by atoms with Gasteiger partial charge in [-0.15, -0.1) is 0 Å². The second-order valence-corrected chi connectivity index (χ2v) is 5.61. The van der Waals surface area contributed by atoms with Crippen molar-refractivity contribution in [1.29, 1.82) is 0 Å². The van der Waals surface area contributed by atoms with Crippen LogP contribution in [0, 0.1) is 5.41 Å². The first-order valence-electron chi connectivity index (χ1n) is 6.59. The first-order valence-corrected chi connectivity index (χ1v) is 6.59. The standard InChI is InChI=1S/C15H26N2O/c1-15(2,12-16-3)13-17(9-10-18)11-14-7-5-4-6-8-14/h4-8,16,18H,9-13H2,1-3H3. The summed E-state index contributed by atoms with van der Waals surface area (Å²) in [6, 6.07) is 10.4. The van der Waals surface area contributed by atoms with Crippen LogP contribution in [-0.2, 0) is 6.54 Å². The van der Waals surface area contributed by atoms with Crippen LogP contribution in [0.2, 0.25) is 0 Å². The van der Waals surface area contributed by atoms with E-state index in [4.69, 9.17) is 0 Å². The normalized spacial score (nSPS) is 12.1. The minimum atomic E-state index is 0.207. The van der Waals surface area contributed by atoms with E-state index in [-0.39, 0.29) is 12.0 Å². The number of hydrogen-bond donors (Lipinski definition) is 2. The van der Waals surface area contributed by atoms with Crippen LogP contribution in [0.4, 0.5) is 0 Å². The van der Waals surface area contributed by atoms with Gasteiger partial charge < -0.3 is 10.4 Å². The highest BCUT2D eigenvalue weighted by atomic mass is 16.3. The Kier molecular flexibility index (Phi) is 6.33. The van der Waals surface area contributed by atoms with Crippen molar-refractivity contribution >= 4 is 0 Å². The van der Waals surface area contributed by atoms with Gasteiger partial charge >= 0.3 is 0 Å². The summed E-state index contributed by atoms with van der Waals surface area (Å²) in [5, 5.41) is 12.4. The van der Waals surface area contributed by atoms with Gasteiger partial charge in [-0.05, 0) is 18.0 Å². The summed E-state index contributed by atoms with van der Waals surface area (Å²) < 4.78 is 0. The van der Waals surface area contributed by atoms with Crippen LogP contribution < -0.4 is 5.32 Å². The summed E-state index contributed by atoms with van der Waals surface area (Å²) in [6.07, 6.45) is 0. The molecule has 0 spiro atoms. The highest BCUT2D eigenvalue weighted by molar-refractivity contribution is 5.14. The van der Waals surface area contributed by atoms with Gasteiger partial charge in [0.2, 0.25) is 0 Å². The van der Waals surface area contributed by atoms with Gasteiger partial charge in [-0.3, -0.25) is 4.90 Å². The molecule has 0 saturated carbocycles. The van der Waals surface area contributed by atoms with Crippen LogP contribution in [0.1, 0.15) is 19.4 Å². The Morgan fingerprint density at radius 2 is 1.89 bits per heavy atom. The summed E-state index contributed by atoms with van der Waals surface area (Å²) >= 11 is 0. The lowest BCUT2D eigenvalue weighted by atomic mass is 9.92. The van der Waals surface area contributed by atoms with Crippen molar-refractivity contribution in [2.45, 2.75) is 20.4 Å². The molecule has 2 N–H and O–H groups in total. The summed E-state index contributed by atoms with van der Waals surface area (Å²) in [5.74, 6) is 0. The van der Waals surface area contributed by atoms with Gasteiger partial charge in [0.1, 0.15) is 0 Å². The molecular weight excluding hydrogens is 224 g/mol. The van der Waals surface area contributed by atoms with E-state index in [2.05, 4.69) is 48.3 Å². The number of hydrogen-bond acceptors (Lipinski definition) is 3. The van der Waals surface area contributed by atoms with Gasteiger partial charge in [-0.25, -0.2) is 0 Å². The van der Waals surface area contributed by atoms with Crippen LogP contribution in [0.3, 0.4) is 0 Å². The molecule has 0 saturated heterocycles. The number of nitrogens with one attached hydrogen (secondary N) is 1. The molecular formula is C15H26N2O. The zero-order valence-electron chi connectivity index (χ0n) is 11.8. The maximum Gasteiger partial charge on any atom is 0.0558 e. The van der Waals surface area contributed by atoms with E-state index in [1.165, 1.54) is 5.56 Å². The van der Waals surface area contributed by atoms with Crippen molar-refractivity contribution in [3.63, 3.8) is 0 Å². The lowest BCUT2D eigenvalue weighted by Gasteiger charge is -2.32. The van der Waals surface area contributed by atoms with Crippen LogP contribution in [-0.4, -0.2) is 43.3 Å². The third-order valence-electron chi connectivity index (χ3n) is 2.97. The van der Waals surface area contributed by atoms with E-state index in [0.29, 0.717) is 0 Å². The predicted octanol–water partition coefficient (Wildman–Crippen LogP) is 1.73. The molecule has 0 atom stereocenters. The van der Waals surface area contributed by atoms with Gasteiger partial charge in [-0.1, -0.05) is 44.2 Å². The molecule has 0 fully saturated rings. The SMILES string of the molecule is CNCC(C)(C)CN(CCO)Cc1ccccc1. The van der Waals surface area contributed by atoms with Crippen LogP contribution >= 0.6 is 0 Å². The largest absolute Gasteiger partial charge is 0.395 e. The second-order valence-electron chi connectivity index (χ2n) is 5.61. The molecule has 1 aromatic carbocycles. The topological polar surface area (TPSA) is 35.5 Å². The van der Waals surface area contributed by atoms with Gasteiger partial charge in [0, 0.05) is 26.2 Å². The third-order valence-corrected chi connectivity index (χ3v) is 2.97. The first kappa shape index (κ1) is 15.2. The maximum atomic E-state index is 9.18. The number of rotatable bonds is 8. The molecule has 0 aromatic heterocycles. The second kappa shape index (κ2) is 7.52. The van der Waals surface area contributed by atoms with Crippen molar-refractivity contribution in [3.05, 3.63) is 35.9 Å². The molecule has 0 aliphatic heterocycles. The molecule has 0 heterocycles. The fourth-order valence-electron chi connectivity index (χ4n) is 2.34. The Balaban J connectivity index is 2.60. The molecule has 0 unspecified atom stereocenters. The number of benzene rings is 1. The van der Waals surface area contributed by atoms with E-state index in [9.17, 15) is 5.11 Å². The van der Waals surface area contributed by atoms with E-state index in [1.807, 2.05) is 13.1 Å². The zero-order valence-corrected chi connectivity index (χ0v) is 11.8. The predicted molar refractivity (Wildman–Crippen MR) is 76.5 cm³/mol. The van der Waals surface area contributed by atoms with Crippen molar-refractivity contribution in [2.24, 2.45) is 5.41 Å². The lowest BCUT2D eigenvalue weighted by molar-refractivity contribution is 0.137. The van der Waals surface area contributed by atoms with E-state index in [1.54, 1.807) is 0 Å². The van der Waals surface area contributed by atoms with Crippen molar-refractivity contribution in [2.75, 3.05) is 33.3 Å². The van der Waals surface area contributed by atoms with Crippen LogP contribution in [0.25, 0.3) is 0 Å². The smallest absolute Gasteiger partial charge is 0.0558 e. The first-order chi connectivity index (χ1) is 8.57. The lowest BCUT2D eigenvalue weighted by Crippen LogP contribution is -2.40. The number of aliphatic hydroxyl groups is 1. The van der Waals surface area contributed by atoms with Crippen LogP contribution in [0.15, 0.2) is 30.3 Å². The fourth-order valence-corrected chi connectivity index (χ4v) is 2.34. The Morgan fingerprint density at radius 1 is 1.22 bits per heavy atom. The molecule has 0 bridgehead atoms. The highest BCUT2D eigenvalue weighted by Crippen LogP contribution is 2.17. The van der Waals surface area contributed by atoms with Gasteiger partial charge in [0.05, 0.1) is 6.61 Å². The molecule has 102 valence electrons. The van der Waals surface area contributed by atoms with E-state index >= 15 is 0 Å². The van der Waals surface area contributed by atoms with E-state index in [0.717, 1.165) is 26.2 Å². The van der Waals surface area contributed by atoms with E-state index < -0.39 is 0 Å². The summed E-state index contributed by atoms with van der Waals surface area (Å²) in [7, 11) is 1.98. The van der Waals surface area contributed by atoms with Crippen LogP contribution in [0.5, 0.6) is 0 Å². The van der Waals surface area contributed by atoms with Gasteiger partial charge in [0.25, 0.3) is 0 Å². The number of nitrogens with zero attached hydrogens (tertiary/aromatic N) is 1. The summed E-state index contributed by atoms with van der Waals surface area (Å²) in [6.45, 7) is 8.28. The van der Waals surface area contributed by atoms with Gasteiger partial charge in [0.15, 0.2) is 0 Å². The Morgan fingerprint density at radius 3 is 2.44 bits per heavy atom. The fraction of sp³-hybridized carbons (Fsp3) is 0.600. The molecule has 1 rings (SSSR count). The molecule has 18 heavy (non-hydrogen) atoms. The molecule has 3 heteroatoms. The Bertz CT molecular complexity index is 325. The third kappa shape index (κ3) is 5.63. The average Bonchev–Trinajstić information content (AvgIpc) is 2.29. The monoisotopic (exact) mass is 250 g/mol. The average molecular weight is 250 g/mol. The molecule has 3 nitrogen and oxygen atoms in total. The maximum absolute atomic E-state index is 9.18. The highest BCUT2D eigenvalue weighted by Gasteiger charge is 2.20. The molecule has 0 aliphatic rings. The minimum Gasteiger partial charge on any atom is -0.395 e. The Labute approximate surface area is 111 Å². The molecule has 1 aromatic rings. The van der Waals surface area contributed by atoms with Crippen molar-refractivity contribution in [1.82, 2.24) is 10.2 Å². The van der Waals surface area contributed by atoms with Gasteiger partial charge in [-0.2, -0.15) is 0 Å². The minimum absolute atomic E-state index is 0.207. The zero-order chi connectivity index (χ0) is 13.4. The van der Waals surface area contributed by atoms with Crippen molar-refractivity contribution in [3.8, 4) is 0 Å². The Hall–Kier alpha value is -0.900. The summed E-state index contributed by atoms with van der Waals surface area (Å²) in [4.78, 5) is 2.31. The quantitative estimate of drug-likeness (QED) is 0.737. The molecule has 0 aliphatic carbocycles. The molecule has 0 amide bonds.